The van der Waals surface area contributed by atoms with Crippen LogP contribution in [0.25, 0.3) is 11.1 Å². The molecule has 3 aromatic rings. The molecule has 0 saturated heterocycles. The van der Waals surface area contributed by atoms with Gasteiger partial charge in [-0.15, -0.1) is 5.10 Å². The van der Waals surface area contributed by atoms with E-state index in [2.05, 4.69) is 10.3 Å². The number of hydrogen-bond acceptors (Lipinski definition) is 6. The molecule has 0 aliphatic heterocycles. The molecular formula is C20H22N4O4. The van der Waals surface area contributed by atoms with Crippen molar-refractivity contribution in [2.75, 3.05) is 0 Å². The third-order valence-corrected chi connectivity index (χ3v) is 4.70. The van der Waals surface area contributed by atoms with Crippen LogP contribution >= 0.6 is 0 Å². The fourth-order valence-electron chi connectivity index (χ4n) is 2.86. The number of hydrogen-bond donors (Lipinski definition) is 3. The lowest BCUT2D eigenvalue weighted by Crippen LogP contribution is -2.50. The quantitative estimate of drug-likeness (QED) is 0.426. The van der Waals surface area contributed by atoms with Gasteiger partial charge in [0, 0.05) is 7.05 Å². The smallest absolute Gasteiger partial charge is 0.278 e. The van der Waals surface area contributed by atoms with Gasteiger partial charge in [0.1, 0.15) is 6.10 Å². The maximum atomic E-state index is 12.2. The Morgan fingerprint density at radius 2 is 1.82 bits per heavy atom. The van der Waals surface area contributed by atoms with Crippen molar-refractivity contribution >= 4 is 5.91 Å². The summed E-state index contributed by atoms with van der Waals surface area (Å²) in [6.07, 6.45) is -0.0470. The van der Waals surface area contributed by atoms with Crippen LogP contribution in [0.3, 0.4) is 0 Å². The molecule has 0 fully saturated rings. The molecule has 0 spiro atoms. The molecule has 1 aromatic heterocycles. The van der Waals surface area contributed by atoms with E-state index in [0.717, 1.165) is 16.7 Å². The van der Waals surface area contributed by atoms with Gasteiger partial charge in [-0.05, 0) is 23.6 Å². The highest BCUT2D eigenvalue weighted by atomic mass is 16.5. The summed E-state index contributed by atoms with van der Waals surface area (Å²) in [6.45, 7) is 1.45. The molecule has 0 aliphatic carbocycles. The summed E-state index contributed by atoms with van der Waals surface area (Å²) in [5.41, 5.74) is 3.06. The SMILES string of the molecule is Cn1nncc1[C@@H](O)[C@](C)(OCc1ccc(-c2ccccc2)cc1)C(=O)NO. The van der Waals surface area contributed by atoms with Crippen LogP contribution in [0.1, 0.15) is 24.3 Å². The number of benzene rings is 2. The molecule has 3 N–H and O–H groups in total. The Labute approximate surface area is 162 Å². The summed E-state index contributed by atoms with van der Waals surface area (Å²) in [4.78, 5) is 12.2. The van der Waals surface area contributed by atoms with E-state index in [0.29, 0.717) is 0 Å². The van der Waals surface area contributed by atoms with Crippen molar-refractivity contribution < 1.29 is 19.8 Å². The normalized spacial score (nSPS) is 14.3. The Morgan fingerprint density at radius 3 is 2.39 bits per heavy atom. The average Bonchev–Trinajstić information content (AvgIpc) is 3.17. The molecule has 0 unspecified atom stereocenters. The predicted molar refractivity (Wildman–Crippen MR) is 101 cm³/mol. The van der Waals surface area contributed by atoms with Crippen LogP contribution < -0.4 is 5.48 Å². The van der Waals surface area contributed by atoms with Crippen LogP contribution in [0.5, 0.6) is 0 Å². The minimum absolute atomic E-state index is 0.0569. The van der Waals surface area contributed by atoms with Gasteiger partial charge in [0.2, 0.25) is 0 Å². The van der Waals surface area contributed by atoms with Crippen molar-refractivity contribution in [1.29, 1.82) is 0 Å². The number of nitrogens with zero attached hydrogens (tertiary/aromatic N) is 3. The molecule has 146 valence electrons. The van der Waals surface area contributed by atoms with E-state index in [1.54, 1.807) is 12.5 Å². The molecule has 8 heteroatoms. The van der Waals surface area contributed by atoms with Crippen LogP contribution in [0.2, 0.25) is 0 Å². The van der Waals surface area contributed by atoms with E-state index in [4.69, 9.17) is 9.94 Å². The lowest BCUT2D eigenvalue weighted by molar-refractivity contribution is -0.174. The number of rotatable bonds is 7. The Balaban J connectivity index is 1.77. The summed E-state index contributed by atoms with van der Waals surface area (Å²) in [6, 6.07) is 17.6. The summed E-state index contributed by atoms with van der Waals surface area (Å²) in [5.74, 6) is -0.873. The van der Waals surface area contributed by atoms with Crippen molar-refractivity contribution in [2.45, 2.75) is 25.2 Å². The van der Waals surface area contributed by atoms with Crippen molar-refractivity contribution in [1.82, 2.24) is 20.5 Å². The molecular weight excluding hydrogens is 360 g/mol. The second-order valence-electron chi connectivity index (χ2n) is 6.58. The number of aryl methyl sites for hydroxylation is 1. The first-order valence-corrected chi connectivity index (χ1v) is 8.71. The highest BCUT2D eigenvalue weighted by Crippen LogP contribution is 2.30. The number of aliphatic hydroxyl groups is 1. The van der Waals surface area contributed by atoms with Gasteiger partial charge in [-0.25, -0.2) is 10.2 Å². The molecule has 2 aromatic carbocycles. The third kappa shape index (κ3) is 3.94. The van der Waals surface area contributed by atoms with E-state index in [9.17, 15) is 9.90 Å². The molecule has 3 rings (SSSR count). The van der Waals surface area contributed by atoms with Crippen LogP contribution in [0.15, 0.2) is 60.8 Å². The topological polar surface area (TPSA) is 110 Å². The minimum atomic E-state index is -1.75. The molecule has 0 aliphatic rings. The number of aromatic nitrogens is 3. The van der Waals surface area contributed by atoms with Crippen LogP contribution in [-0.4, -0.2) is 36.8 Å². The van der Waals surface area contributed by atoms with Gasteiger partial charge in [-0.3, -0.25) is 10.0 Å². The van der Waals surface area contributed by atoms with Gasteiger partial charge < -0.3 is 9.84 Å². The van der Waals surface area contributed by atoms with E-state index < -0.39 is 17.6 Å². The van der Waals surface area contributed by atoms with Crippen molar-refractivity contribution in [2.24, 2.45) is 7.05 Å². The number of amides is 1. The van der Waals surface area contributed by atoms with E-state index in [-0.39, 0.29) is 12.3 Å². The summed E-state index contributed by atoms with van der Waals surface area (Å²) in [5, 5.41) is 27.3. The first-order chi connectivity index (χ1) is 13.5. The van der Waals surface area contributed by atoms with Gasteiger partial charge >= 0.3 is 0 Å². The zero-order chi connectivity index (χ0) is 20.1. The molecule has 0 radical (unpaired) electrons. The Kier molecular flexibility index (Phi) is 5.84. The molecule has 1 amide bonds. The molecule has 0 saturated carbocycles. The van der Waals surface area contributed by atoms with Gasteiger partial charge in [-0.2, -0.15) is 0 Å². The summed E-state index contributed by atoms with van der Waals surface area (Å²) < 4.78 is 7.10. The Morgan fingerprint density at radius 1 is 1.18 bits per heavy atom. The standard InChI is InChI=1S/C20H22N4O4/c1-20(19(26)22-27,18(25)17-12-21-23-24(17)2)28-13-14-8-10-16(11-9-14)15-6-4-3-5-7-15/h3-12,18,25,27H,13H2,1-2H3,(H,22,26)/t18-,20+/m1/s1. The third-order valence-electron chi connectivity index (χ3n) is 4.70. The van der Waals surface area contributed by atoms with Gasteiger partial charge in [0.25, 0.3) is 5.91 Å². The van der Waals surface area contributed by atoms with Gasteiger partial charge in [0.15, 0.2) is 5.60 Å². The second kappa shape index (κ2) is 8.30. The second-order valence-corrected chi connectivity index (χ2v) is 6.58. The highest BCUT2D eigenvalue weighted by molar-refractivity contribution is 5.84. The molecule has 28 heavy (non-hydrogen) atoms. The molecule has 2 atom stereocenters. The van der Waals surface area contributed by atoms with Crippen LogP contribution in [0, 0.1) is 0 Å². The number of carbonyl (C=O) groups excluding carboxylic acids is 1. The number of carbonyl (C=O) groups is 1. The monoisotopic (exact) mass is 382 g/mol. The maximum absolute atomic E-state index is 12.2. The van der Waals surface area contributed by atoms with E-state index in [1.165, 1.54) is 17.8 Å². The van der Waals surface area contributed by atoms with Gasteiger partial charge in [0.05, 0.1) is 18.5 Å². The fourth-order valence-corrected chi connectivity index (χ4v) is 2.86. The van der Waals surface area contributed by atoms with E-state index >= 15 is 0 Å². The first kappa shape index (κ1) is 19.7. The summed E-state index contributed by atoms with van der Waals surface area (Å²) in [7, 11) is 1.59. The number of aliphatic hydroxyl groups excluding tert-OH is 1. The predicted octanol–water partition coefficient (Wildman–Crippen LogP) is 2.00. The molecule has 1 heterocycles. The van der Waals surface area contributed by atoms with Crippen molar-refractivity contribution in [3.05, 3.63) is 72.1 Å². The van der Waals surface area contributed by atoms with Crippen LogP contribution in [-0.2, 0) is 23.2 Å². The Hall–Kier alpha value is -3.07. The zero-order valence-corrected chi connectivity index (χ0v) is 15.6. The maximum Gasteiger partial charge on any atom is 0.278 e. The lowest BCUT2D eigenvalue weighted by Gasteiger charge is -2.32. The zero-order valence-electron chi connectivity index (χ0n) is 15.6. The number of hydroxylamine groups is 1. The van der Waals surface area contributed by atoms with Gasteiger partial charge in [-0.1, -0.05) is 59.8 Å². The first-order valence-electron chi connectivity index (χ1n) is 8.71. The van der Waals surface area contributed by atoms with Crippen LogP contribution in [0.4, 0.5) is 0 Å². The van der Waals surface area contributed by atoms with Crippen molar-refractivity contribution in [3.8, 4) is 11.1 Å². The van der Waals surface area contributed by atoms with Crippen molar-refractivity contribution in [3.63, 3.8) is 0 Å². The highest BCUT2D eigenvalue weighted by Gasteiger charge is 2.44. The summed E-state index contributed by atoms with van der Waals surface area (Å²) >= 11 is 0. The minimum Gasteiger partial charge on any atom is -0.383 e. The fraction of sp³-hybridized carbons (Fsp3) is 0.250. The number of ether oxygens (including phenoxy) is 1. The molecule has 8 nitrogen and oxygen atoms in total. The lowest BCUT2D eigenvalue weighted by atomic mass is 9.95. The Bertz CT molecular complexity index is 927. The molecule has 0 bridgehead atoms. The number of nitrogens with one attached hydrogen (secondary N) is 1. The van der Waals surface area contributed by atoms with E-state index in [1.807, 2.05) is 54.6 Å². The average molecular weight is 382 g/mol. The largest absolute Gasteiger partial charge is 0.383 e.